The van der Waals surface area contributed by atoms with Crippen LogP contribution < -0.4 is 0 Å². The maximum absolute atomic E-state index is 10.4. The minimum Gasteiger partial charge on any atom is -0.388 e. The normalized spacial score (nSPS) is 10.6. The fourth-order valence-electron chi connectivity index (χ4n) is 1.49. The Balaban J connectivity index is 0.000000225. The molecule has 0 amide bonds. The molecule has 0 aromatic heterocycles. The van der Waals surface area contributed by atoms with Crippen molar-refractivity contribution < 1.29 is 19.4 Å². The van der Waals surface area contributed by atoms with E-state index in [1.165, 1.54) is 18.1 Å². The highest BCUT2D eigenvalue weighted by Gasteiger charge is 2.12. The molecule has 1 N–H and O–H groups in total. The molecule has 0 saturated carbocycles. The summed E-state index contributed by atoms with van der Waals surface area (Å²) in [6, 6.07) is 20.8. The van der Waals surface area contributed by atoms with Crippen molar-refractivity contribution in [3.05, 3.63) is 73.3 Å². The van der Waals surface area contributed by atoms with Gasteiger partial charge < -0.3 is 9.84 Å². The fourth-order valence-corrected chi connectivity index (χ4v) is 1.49. The van der Waals surface area contributed by atoms with Crippen LogP contribution in [-0.4, -0.2) is 23.1 Å². The van der Waals surface area contributed by atoms with Gasteiger partial charge in [-0.1, -0.05) is 67.2 Å². The Morgan fingerprint density at radius 2 is 1.41 bits per heavy atom. The molecule has 2 rings (SSSR count). The number of benzene rings is 2. The summed E-state index contributed by atoms with van der Waals surface area (Å²) in [5.41, 5.74) is 2.55. The number of carbonyl (C=O) groups excluding carboxylic acids is 2. The van der Waals surface area contributed by atoms with Gasteiger partial charge in [0.1, 0.15) is 6.10 Å². The number of aliphatic hydroxyl groups is 1. The first-order chi connectivity index (χ1) is 10.5. The number of carbonyl (C=O) groups is 2. The molecule has 0 heterocycles. The zero-order valence-electron chi connectivity index (χ0n) is 12.3. The van der Waals surface area contributed by atoms with E-state index in [-0.39, 0.29) is 0 Å². The molecule has 4 heteroatoms. The molecule has 114 valence electrons. The van der Waals surface area contributed by atoms with Gasteiger partial charge in [-0.2, -0.15) is 0 Å². The maximum Gasteiger partial charge on any atom is 0.342 e. The largest absolute Gasteiger partial charge is 0.388 e. The van der Waals surface area contributed by atoms with E-state index in [1.807, 2.05) is 12.1 Å². The Bertz CT molecular complexity index is 566. The predicted octanol–water partition coefficient (Wildman–Crippen LogP) is 2.98. The van der Waals surface area contributed by atoms with Crippen LogP contribution in [0.4, 0.5) is 0 Å². The summed E-state index contributed by atoms with van der Waals surface area (Å²) >= 11 is 0. The zero-order valence-corrected chi connectivity index (χ0v) is 12.3. The molecule has 0 aliphatic carbocycles. The highest BCUT2D eigenvalue weighted by molar-refractivity contribution is 5.92. The van der Waals surface area contributed by atoms with Gasteiger partial charge in [-0.3, -0.25) is 0 Å². The molecule has 22 heavy (non-hydrogen) atoms. The van der Waals surface area contributed by atoms with Gasteiger partial charge in [0.15, 0.2) is 0 Å². The Hall–Kier alpha value is -2.72. The van der Waals surface area contributed by atoms with Gasteiger partial charge >= 0.3 is 11.9 Å². The van der Waals surface area contributed by atoms with Crippen LogP contribution in [0.25, 0.3) is 11.1 Å². The zero-order chi connectivity index (χ0) is 16.4. The lowest BCUT2D eigenvalue weighted by atomic mass is 10.1. The van der Waals surface area contributed by atoms with Crippen LogP contribution in [-0.2, 0) is 14.3 Å². The smallest absolute Gasteiger partial charge is 0.342 e. The molecule has 0 aliphatic heterocycles. The van der Waals surface area contributed by atoms with Crippen molar-refractivity contribution in [1.82, 2.24) is 0 Å². The van der Waals surface area contributed by atoms with Crippen molar-refractivity contribution in [1.29, 1.82) is 0 Å². The van der Waals surface area contributed by atoms with E-state index in [4.69, 9.17) is 5.11 Å². The van der Waals surface area contributed by atoms with Crippen molar-refractivity contribution in [3.63, 3.8) is 0 Å². The summed E-state index contributed by atoms with van der Waals surface area (Å²) in [6.45, 7) is 4.27. The van der Waals surface area contributed by atoms with E-state index in [2.05, 4.69) is 59.8 Å². The quantitative estimate of drug-likeness (QED) is 0.537. The van der Waals surface area contributed by atoms with E-state index in [1.54, 1.807) is 0 Å². The number of esters is 2. The monoisotopic (exact) mass is 298 g/mol. The topological polar surface area (TPSA) is 63.6 Å². The number of rotatable bonds is 3. The van der Waals surface area contributed by atoms with Gasteiger partial charge in [0.2, 0.25) is 0 Å². The molecule has 2 aromatic rings. The van der Waals surface area contributed by atoms with E-state index in [0.29, 0.717) is 0 Å². The summed E-state index contributed by atoms with van der Waals surface area (Å²) in [6.07, 6.45) is -0.427. The molecule has 0 radical (unpaired) electrons. The summed E-state index contributed by atoms with van der Waals surface area (Å²) in [5.74, 6) is -1.82. The first-order valence-electron chi connectivity index (χ1n) is 6.71. The van der Waals surface area contributed by atoms with Crippen molar-refractivity contribution in [3.8, 4) is 11.1 Å². The third kappa shape index (κ3) is 6.15. The fraction of sp³-hybridized carbons (Fsp3) is 0.111. The lowest BCUT2D eigenvalue weighted by Crippen LogP contribution is -2.21. The number of hydrogen-bond donors (Lipinski definition) is 1. The Morgan fingerprint density at radius 1 is 1.00 bits per heavy atom. The van der Waals surface area contributed by atoms with Gasteiger partial charge in [0.05, 0.1) is 0 Å². The van der Waals surface area contributed by atoms with E-state index >= 15 is 0 Å². The molecule has 1 atom stereocenters. The molecule has 0 spiro atoms. The SMILES string of the molecule is C=CC(=O)OC(=O)C(C)O.c1ccc(-c2ccccc2)cc1. The molecule has 2 aromatic carbocycles. The first-order valence-corrected chi connectivity index (χ1v) is 6.71. The van der Waals surface area contributed by atoms with Gasteiger partial charge in [-0.25, -0.2) is 9.59 Å². The van der Waals surface area contributed by atoms with Crippen LogP contribution in [0.1, 0.15) is 6.92 Å². The Kier molecular flexibility index (Phi) is 7.29. The molecule has 1 unspecified atom stereocenters. The summed E-state index contributed by atoms with van der Waals surface area (Å²) in [7, 11) is 0. The standard InChI is InChI=1S/C12H10.C6H8O4/c1-3-7-11(8-4-1)12-9-5-2-6-10-12;1-3-5(8)10-6(9)4(2)7/h1-10H;3-4,7H,1H2,2H3. The molecule has 4 nitrogen and oxygen atoms in total. The van der Waals surface area contributed by atoms with Gasteiger partial charge in [0.25, 0.3) is 0 Å². The third-order valence-electron chi connectivity index (χ3n) is 2.59. The minimum absolute atomic E-state index is 0.847. The molecule has 0 fully saturated rings. The van der Waals surface area contributed by atoms with Crippen molar-refractivity contribution in [2.24, 2.45) is 0 Å². The van der Waals surface area contributed by atoms with Crippen LogP contribution in [0.5, 0.6) is 0 Å². The lowest BCUT2D eigenvalue weighted by molar-refractivity contribution is -0.162. The first kappa shape index (κ1) is 17.3. The average molecular weight is 298 g/mol. The van der Waals surface area contributed by atoms with Crippen LogP contribution >= 0.6 is 0 Å². The molecule has 0 aliphatic rings. The molecule has 0 bridgehead atoms. The van der Waals surface area contributed by atoms with Gasteiger partial charge in [0, 0.05) is 6.08 Å². The number of ether oxygens (including phenoxy) is 1. The van der Waals surface area contributed by atoms with Crippen LogP contribution in [0, 0.1) is 0 Å². The summed E-state index contributed by atoms with van der Waals surface area (Å²) in [4.78, 5) is 20.6. The highest BCUT2D eigenvalue weighted by Crippen LogP contribution is 2.17. The second-order valence-electron chi connectivity index (χ2n) is 4.35. The predicted molar refractivity (Wildman–Crippen MR) is 84.9 cm³/mol. The van der Waals surface area contributed by atoms with Crippen LogP contribution in [0.15, 0.2) is 73.3 Å². The summed E-state index contributed by atoms with van der Waals surface area (Å²) in [5, 5.41) is 8.50. The van der Waals surface area contributed by atoms with E-state index in [9.17, 15) is 9.59 Å². The molecule has 0 saturated heterocycles. The third-order valence-corrected chi connectivity index (χ3v) is 2.59. The van der Waals surface area contributed by atoms with E-state index in [0.717, 1.165) is 6.08 Å². The lowest BCUT2D eigenvalue weighted by Gasteiger charge is -2.00. The Morgan fingerprint density at radius 3 is 1.73 bits per heavy atom. The second-order valence-corrected chi connectivity index (χ2v) is 4.35. The van der Waals surface area contributed by atoms with Crippen LogP contribution in [0.3, 0.4) is 0 Å². The van der Waals surface area contributed by atoms with Crippen molar-refractivity contribution in [2.75, 3.05) is 0 Å². The summed E-state index contributed by atoms with van der Waals surface area (Å²) < 4.78 is 4.02. The average Bonchev–Trinajstić information content (AvgIpc) is 2.56. The van der Waals surface area contributed by atoms with Gasteiger partial charge in [-0.05, 0) is 18.1 Å². The molecular formula is C18H18O4. The van der Waals surface area contributed by atoms with Crippen LogP contribution in [0.2, 0.25) is 0 Å². The second kappa shape index (κ2) is 9.26. The van der Waals surface area contributed by atoms with Crippen molar-refractivity contribution >= 4 is 11.9 Å². The number of hydrogen-bond acceptors (Lipinski definition) is 4. The van der Waals surface area contributed by atoms with Crippen molar-refractivity contribution in [2.45, 2.75) is 13.0 Å². The highest BCUT2D eigenvalue weighted by atomic mass is 16.6. The Labute approximate surface area is 129 Å². The maximum atomic E-state index is 10.4. The van der Waals surface area contributed by atoms with Gasteiger partial charge in [-0.15, -0.1) is 0 Å². The van der Waals surface area contributed by atoms with E-state index < -0.39 is 18.0 Å². The number of aliphatic hydroxyl groups excluding tert-OH is 1. The minimum atomic E-state index is -1.27. The molecular weight excluding hydrogens is 280 g/mol.